The van der Waals surface area contributed by atoms with Crippen molar-refractivity contribution in [3.05, 3.63) is 77.9 Å². The number of rotatable bonds is 7. The molecule has 0 bridgehead atoms. The third-order valence-electron chi connectivity index (χ3n) is 4.36. The third kappa shape index (κ3) is 4.90. The lowest BCUT2D eigenvalue weighted by Crippen LogP contribution is -2.14. The molecule has 0 aliphatic carbocycles. The van der Waals surface area contributed by atoms with E-state index in [1.54, 1.807) is 36.4 Å². The van der Waals surface area contributed by atoms with Crippen LogP contribution in [0.15, 0.2) is 71.6 Å². The van der Waals surface area contributed by atoms with Crippen molar-refractivity contribution in [1.82, 2.24) is 0 Å². The molecule has 0 saturated heterocycles. The molecule has 0 fully saturated rings. The Morgan fingerprint density at radius 1 is 0.900 bits per heavy atom. The molecule has 0 aliphatic rings. The van der Waals surface area contributed by atoms with Crippen molar-refractivity contribution in [2.75, 3.05) is 24.3 Å². The highest BCUT2D eigenvalue weighted by atomic mass is 32.2. The molecule has 0 aliphatic heterocycles. The molecule has 0 radical (unpaired) electrons. The zero-order valence-corrected chi connectivity index (χ0v) is 17.6. The van der Waals surface area contributed by atoms with Crippen molar-refractivity contribution >= 4 is 27.3 Å². The minimum atomic E-state index is -3.85. The second-order valence-corrected chi connectivity index (χ2v) is 8.20. The van der Waals surface area contributed by atoms with Gasteiger partial charge in [-0.1, -0.05) is 17.7 Å². The Bertz CT molecular complexity index is 1160. The van der Waals surface area contributed by atoms with E-state index in [9.17, 15) is 13.2 Å². The Kier molecular flexibility index (Phi) is 6.27. The summed E-state index contributed by atoms with van der Waals surface area (Å²) in [7, 11) is -0.897. The van der Waals surface area contributed by atoms with Crippen LogP contribution in [0.25, 0.3) is 0 Å². The molecule has 30 heavy (non-hydrogen) atoms. The summed E-state index contributed by atoms with van der Waals surface area (Å²) in [5.74, 6) is 0.610. The summed E-state index contributed by atoms with van der Waals surface area (Å²) in [6, 6.07) is 17.9. The average molecular weight is 426 g/mol. The summed E-state index contributed by atoms with van der Waals surface area (Å²) in [6.07, 6.45) is 0. The second kappa shape index (κ2) is 8.87. The van der Waals surface area contributed by atoms with E-state index in [-0.39, 0.29) is 16.5 Å². The highest BCUT2D eigenvalue weighted by Crippen LogP contribution is 2.31. The van der Waals surface area contributed by atoms with Crippen molar-refractivity contribution < 1.29 is 22.7 Å². The first-order chi connectivity index (χ1) is 14.3. The van der Waals surface area contributed by atoms with Gasteiger partial charge in [0.05, 0.1) is 24.8 Å². The van der Waals surface area contributed by atoms with Gasteiger partial charge in [-0.05, 0) is 55.5 Å². The van der Waals surface area contributed by atoms with E-state index in [2.05, 4.69) is 10.0 Å². The Balaban J connectivity index is 1.76. The number of hydrogen-bond acceptors (Lipinski definition) is 5. The van der Waals surface area contributed by atoms with Crippen molar-refractivity contribution in [2.45, 2.75) is 11.8 Å². The number of methoxy groups -OCH3 is 2. The molecule has 0 unspecified atom stereocenters. The van der Waals surface area contributed by atoms with Gasteiger partial charge < -0.3 is 14.8 Å². The number of nitrogens with one attached hydrogen (secondary N) is 2. The van der Waals surface area contributed by atoms with E-state index in [1.165, 1.54) is 38.5 Å². The molecule has 3 aromatic carbocycles. The molecule has 156 valence electrons. The lowest BCUT2D eigenvalue weighted by Gasteiger charge is -2.13. The summed E-state index contributed by atoms with van der Waals surface area (Å²) in [5.41, 5.74) is 2.28. The van der Waals surface area contributed by atoms with Gasteiger partial charge in [0.15, 0.2) is 0 Å². The first kappa shape index (κ1) is 21.2. The normalized spacial score (nSPS) is 10.9. The molecule has 0 aromatic heterocycles. The number of ether oxygens (including phenoxy) is 2. The fourth-order valence-electron chi connectivity index (χ4n) is 2.79. The summed E-state index contributed by atoms with van der Waals surface area (Å²) in [5, 5.41) is 2.76. The summed E-state index contributed by atoms with van der Waals surface area (Å²) >= 11 is 0. The van der Waals surface area contributed by atoms with Gasteiger partial charge >= 0.3 is 0 Å². The first-order valence-corrected chi connectivity index (χ1v) is 10.5. The van der Waals surface area contributed by atoms with Crippen LogP contribution in [0.3, 0.4) is 0 Å². The molecule has 0 atom stereocenters. The van der Waals surface area contributed by atoms with E-state index < -0.39 is 10.0 Å². The van der Waals surface area contributed by atoms with Gasteiger partial charge in [0.25, 0.3) is 15.9 Å². The lowest BCUT2D eigenvalue weighted by molar-refractivity contribution is 0.102. The highest BCUT2D eigenvalue weighted by Gasteiger charge is 2.17. The van der Waals surface area contributed by atoms with Crippen LogP contribution in [0.1, 0.15) is 15.9 Å². The zero-order chi connectivity index (χ0) is 21.7. The Morgan fingerprint density at radius 2 is 1.63 bits per heavy atom. The van der Waals surface area contributed by atoms with Gasteiger partial charge in [0.1, 0.15) is 11.5 Å². The topological polar surface area (TPSA) is 93.7 Å². The third-order valence-corrected chi connectivity index (χ3v) is 5.74. The van der Waals surface area contributed by atoms with Crippen LogP contribution < -0.4 is 19.5 Å². The summed E-state index contributed by atoms with van der Waals surface area (Å²) < 4.78 is 38.3. The van der Waals surface area contributed by atoms with Crippen molar-refractivity contribution in [3.63, 3.8) is 0 Å². The number of benzene rings is 3. The summed E-state index contributed by atoms with van der Waals surface area (Å²) in [6.45, 7) is 1.90. The number of sulfonamides is 1. The van der Waals surface area contributed by atoms with Crippen LogP contribution in [0.4, 0.5) is 11.4 Å². The van der Waals surface area contributed by atoms with E-state index in [0.717, 1.165) is 5.56 Å². The van der Waals surface area contributed by atoms with Crippen LogP contribution in [0, 0.1) is 6.92 Å². The molecule has 0 spiro atoms. The van der Waals surface area contributed by atoms with Crippen LogP contribution in [-0.4, -0.2) is 28.5 Å². The molecule has 3 aromatic rings. The maximum atomic E-state index is 12.7. The van der Waals surface area contributed by atoms with E-state index in [4.69, 9.17) is 9.47 Å². The Morgan fingerprint density at radius 3 is 2.27 bits per heavy atom. The molecule has 2 N–H and O–H groups in total. The number of amides is 1. The molecular weight excluding hydrogens is 404 g/mol. The Labute approximate surface area is 175 Å². The Hall–Kier alpha value is -3.52. The van der Waals surface area contributed by atoms with Gasteiger partial charge in [-0.25, -0.2) is 8.42 Å². The van der Waals surface area contributed by atoms with Gasteiger partial charge in [-0.3, -0.25) is 9.52 Å². The van der Waals surface area contributed by atoms with Crippen LogP contribution in [0.2, 0.25) is 0 Å². The molecule has 7 nitrogen and oxygen atoms in total. The molecule has 3 rings (SSSR count). The van der Waals surface area contributed by atoms with Gasteiger partial charge in [0, 0.05) is 17.3 Å². The predicted molar refractivity (Wildman–Crippen MR) is 116 cm³/mol. The lowest BCUT2D eigenvalue weighted by atomic mass is 10.1. The average Bonchev–Trinajstić information content (AvgIpc) is 2.74. The predicted octanol–water partition coefficient (Wildman–Crippen LogP) is 4.07. The van der Waals surface area contributed by atoms with Gasteiger partial charge in [-0.15, -0.1) is 0 Å². The maximum absolute atomic E-state index is 12.7. The smallest absolute Gasteiger partial charge is 0.262 e. The van der Waals surface area contributed by atoms with Crippen molar-refractivity contribution in [2.24, 2.45) is 0 Å². The first-order valence-electron chi connectivity index (χ1n) is 9.05. The molecule has 8 heteroatoms. The van der Waals surface area contributed by atoms with Crippen molar-refractivity contribution in [1.29, 1.82) is 0 Å². The number of hydrogen-bond donors (Lipinski definition) is 2. The highest BCUT2D eigenvalue weighted by molar-refractivity contribution is 7.92. The fourth-order valence-corrected chi connectivity index (χ4v) is 3.86. The number of anilines is 2. The van der Waals surface area contributed by atoms with Crippen molar-refractivity contribution in [3.8, 4) is 11.5 Å². The molecule has 1 amide bonds. The number of aryl methyl sites for hydroxylation is 1. The standard InChI is InChI=1S/C22H22N2O5S/c1-15-5-4-6-16(13-15)22(25)23-17-7-10-19(11-8-17)30(26,27)24-20-12-9-18(28-2)14-21(20)29-3/h4-14,24H,1-3H3,(H,23,25). The van der Waals surface area contributed by atoms with E-state index in [0.29, 0.717) is 22.7 Å². The minimum absolute atomic E-state index is 0.0499. The molecule has 0 heterocycles. The van der Waals surface area contributed by atoms with Crippen LogP contribution in [-0.2, 0) is 10.0 Å². The van der Waals surface area contributed by atoms with Crippen LogP contribution >= 0.6 is 0 Å². The monoisotopic (exact) mass is 426 g/mol. The van der Waals surface area contributed by atoms with Crippen LogP contribution in [0.5, 0.6) is 11.5 Å². The van der Waals surface area contributed by atoms with Gasteiger partial charge in [-0.2, -0.15) is 0 Å². The number of carbonyl (C=O) groups excluding carboxylic acids is 1. The largest absolute Gasteiger partial charge is 0.497 e. The zero-order valence-electron chi connectivity index (χ0n) is 16.8. The van der Waals surface area contributed by atoms with Gasteiger partial charge in [0.2, 0.25) is 0 Å². The van der Waals surface area contributed by atoms with E-state index >= 15 is 0 Å². The fraction of sp³-hybridized carbons (Fsp3) is 0.136. The molecule has 0 saturated carbocycles. The minimum Gasteiger partial charge on any atom is -0.497 e. The van der Waals surface area contributed by atoms with E-state index in [1.807, 2.05) is 13.0 Å². The quantitative estimate of drug-likeness (QED) is 0.594. The second-order valence-electron chi connectivity index (χ2n) is 6.52. The maximum Gasteiger partial charge on any atom is 0.262 e. The SMILES string of the molecule is COc1ccc(NS(=O)(=O)c2ccc(NC(=O)c3cccc(C)c3)cc2)c(OC)c1. The molecular formula is C22H22N2O5S. The number of carbonyl (C=O) groups is 1. The summed E-state index contributed by atoms with van der Waals surface area (Å²) in [4.78, 5) is 12.4.